The van der Waals surface area contributed by atoms with Crippen molar-refractivity contribution >= 4 is 52.6 Å². The smallest absolute Gasteiger partial charge is 0.304 e. The van der Waals surface area contributed by atoms with Gasteiger partial charge in [-0.15, -0.1) is 0 Å². The number of nitrogen functional groups attached to an aromatic ring is 1. The predicted molar refractivity (Wildman–Crippen MR) is 196 cm³/mol. The van der Waals surface area contributed by atoms with Gasteiger partial charge >= 0.3 is 11.9 Å². The zero-order valence-corrected chi connectivity index (χ0v) is 31.2. The van der Waals surface area contributed by atoms with Crippen molar-refractivity contribution in [1.29, 1.82) is 0 Å². The van der Waals surface area contributed by atoms with E-state index >= 15 is 0 Å². The van der Waals surface area contributed by atoms with E-state index in [0.29, 0.717) is 12.0 Å². The highest BCUT2D eigenvalue weighted by Crippen LogP contribution is 2.40. The van der Waals surface area contributed by atoms with Crippen molar-refractivity contribution < 1.29 is 63.9 Å². The van der Waals surface area contributed by atoms with Crippen LogP contribution in [0.3, 0.4) is 0 Å². The van der Waals surface area contributed by atoms with Crippen LogP contribution in [-0.2, 0) is 35.2 Å². The molecule has 1 aliphatic rings. The largest absolute Gasteiger partial charge is 0.507 e. The molecule has 16 nitrogen and oxygen atoms in total. The quantitative estimate of drug-likeness (QED) is 0.0439. The number of hydrogen-bond donors (Lipinski definition) is 8. The summed E-state index contributed by atoms with van der Waals surface area (Å²) in [6.07, 6.45) is -3.01. The van der Waals surface area contributed by atoms with E-state index in [1.165, 1.54) is 31.2 Å². The number of ketones is 4. The third-order valence-electron chi connectivity index (χ3n) is 10.2. The highest BCUT2D eigenvalue weighted by atomic mass is 16.4. The van der Waals surface area contributed by atoms with Crippen molar-refractivity contribution in [2.45, 2.75) is 91.2 Å². The Labute approximate surface area is 317 Å². The number of carbonyl (C=O) groups excluding carboxylic acids is 6. The third kappa shape index (κ3) is 10.7. The molecule has 0 aliphatic heterocycles. The number of phenols is 2. The Bertz CT molecular complexity index is 1850. The maximum absolute atomic E-state index is 13.5. The molecule has 2 unspecified atom stereocenters. The molecule has 0 aromatic heterocycles. The van der Waals surface area contributed by atoms with Gasteiger partial charge in [0.1, 0.15) is 23.3 Å². The van der Waals surface area contributed by atoms with Gasteiger partial charge in [0.05, 0.1) is 35.1 Å². The zero-order chi connectivity index (χ0) is 41.3. The minimum absolute atomic E-state index is 0.00153. The number of aliphatic hydroxyl groups is 1. The van der Waals surface area contributed by atoms with Gasteiger partial charge in [-0.05, 0) is 55.9 Å². The van der Waals surface area contributed by atoms with Crippen LogP contribution in [0, 0.1) is 23.7 Å². The number of aliphatic hydroxyl groups excluding tert-OH is 1. The summed E-state index contributed by atoms with van der Waals surface area (Å²) in [5, 5.41) is 55.0. The van der Waals surface area contributed by atoms with Crippen LogP contribution in [0.15, 0.2) is 24.3 Å². The fourth-order valence-electron chi connectivity index (χ4n) is 6.60. The van der Waals surface area contributed by atoms with Crippen LogP contribution in [0.4, 0.5) is 5.69 Å². The summed E-state index contributed by atoms with van der Waals surface area (Å²) in [5.41, 5.74) is 5.23. The van der Waals surface area contributed by atoms with E-state index in [2.05, 4.69) is 10.6 Å². The summed E-state index contributed by atoms with van der Waals surface area (Å²) in [6.45, 7) is 6.61. The number of anilines is 1. The average Bonchev–Trinajstić information content (AvgIpc) is 3.12. The molecule has 0 spiro atoms. The lowest BCUT2D eigenvalue weighted by Crippen LogP contribution is -2.51. The fraction of sp³-hybridized carbons (Fsp3) is 0.487. The molecule has 0 heterocycles. The molecule has 6 atom stereocenters. The number of carbonyl (C=O) groups is 8. The molecule has 55 heavy (non-hydrogen) atoms. The van der Waals surface area contributed by atoms with Gasteiger partial charge in [-0.25, -0.2) is 0 Å². The Hall–Kier alpha value is -5.64. The Morgan fingerprint density at radius 2 is 1.33 bits per heavy atom. The summed E-state index contributed by atoms with van der Waals surface area (Å²) in [6, 6.07) is 3.48. The van der Waals surface area contributed by atoms with Crippen molar-refractivity contribution in [2.75, 3.05) is 12.3 Å². The van der Waals surface area contributed by atoms with Gasteiger partial charge in [0.2, 0.25) is 11.8 Å². The average molecular weight is 768 g/mol. The maximum Gasteiger partial charge on any atom is 0.304 e. The molecule has 0 fully saturated rings. The number of benzene rings is 2. The predicted octanol–water partition coefficient (Wildman–Crippen LogP) is 2.54. The van der Waals surface area contributed by atoms with E-state index in [0.717, 1.165) is 0 Å². The van der Waals surface area contributed by atoms with Crippen LogP contribution >= 0.6 is 0 Å². The number of nitrogens with one attached hydrogen (secondary N) is 2. The maximum atomic E-state index is 13.5. The molecule has 2 amide bonds. The van der Waals surface area contributed by atoms with E-state index in [-0.39, 0.29) is 71.9 Å². The highest BCUT2D eigenvalue weighted by molar-refractivity contribution is 6.32. The molecule has 0 saturated carbocycles. The van der Waals surface area contributed by atoms with Gasteiger partial charge < -0.3 is 41.9 Å². The van der Waals surface area contributed by atoms with Crippen molar-refractivity contribution in [3.05, 3.63) is 52.1 Å². The van der Waals surface area contributed by atoms with Crippen LogP contribution < -0.4 is 16.4 Å². The Kier molecular flexibility index (Phi) is 15.2. The number of hydrogen-bond acceptors (Lipinski definition) is 12. The molecule has 9 N–H and O–H groups in total. The van der Waals surface area contributed by atoms with Crippen LogP contribution in [-0.4, -0.2) is 91.1 Å². The van der Waals surface area contributed by atoms with Crippen molar-refractivity contribution in [3.8, 4) is 11.5 Å². The molecule has 0 bridgehead atoms. The summed E-state index contributed by atoms with van der Waals surface area (Å²) in [5.74, 6) is -10.8. The molecule has 2 aromatic rings. The molecule has 0 saturated heterocycles. The number of carboxylic acid groups (broad SMARTS) is 2. The molecule has 3 rings (SSSR count). The number of aromatic hydroxyl groups is 2. The first kappa shape index (κ1) is 43.8. The first-order valence-electron chi connectivity index (χ1n) is 18.1. The minimum Gasteiger partial charge on any atom is -0.507 e. The van der Waals surface area contributed by atoms with Gasteiger partial charge in [-0.1, -0.05) is 33.3 Å². The van der Waals surface area contributed by atoms with Crippen molar-refractivity contribution in [3.63, 3.8) is 0 Å². The van der Waals surface area contributed by atoms with Crippen molar-refractivity contribution in [1.82, 2.24) is 10.6 Å². The first-order chi connectivity index (χ1) is 25.8. The fourth-order valence-corrected chi connectivity index (χ4v) is 6.60. The molecule has 1 aliphatic carbocycles. The third-order valence-corrected chi connectivity index (χ3v) is 10.2. The number of Topliss-reactive ketones (excluding diaryl/α,β-unsaturated/α-hetero) is 2. The lowest BCUT2D eigenvalue weighted by molar-refractivity contribution is -0.143. The summed E-state index contributed by atoms with van der Waals surface area (Å²) < 4.78 is 0. The second-order valence-electron chi connectivity index (χ2n) is 14.1. The van der Waals surface area contributed by atoms with Crippen LogP contribution in [0.25, 0.3) is 0 Å². The summed E-state index contributed by atoms with van der Waals surface area (Å²) in [4.78, 5) is 103. The monoisotopic (exact) mass is 767 g/mol. The van der Waals surface area contributed by atoms with Gasteiger partial charge in [0, 0.05) is 48.9 Å². The molecule has 16 heteroatoms. The molecule has 2 aromatic carbocycles. The van der Waals surface area contributed by atoms with Gasteiger partial charge in [0.15, 0.2) is 17.3 Å². The number of nitrogens with two attached hydrogens (primary N) is 1. The number of phenolic OH excluding ortho intramolecular Hbond substituents is 2. The van der Waals surface area contributed by atoms with Gasteiger partial charge in [0.25, 0.3) is 0 Å². The lowest BCUT2D eigenvalue weighted by atomic mass is 9.79. The zero-order valence-electron chi connectivity index (χ0n) is 31.2. The van der Waals surface area contributed by atoms with E-state index in [4.69, 9.17) is 5.73 Å². The first-order valence-corrected chi connectivity index (χ1v) is 18.1. The Morgan fingerprint density at radius 3 is 1.91 bits per heavy atom. The Morgan fingerprint density at radius 1 is 0.745 bits per heavy atom. The lowest BCUT2D eigenvalue weighted by Gasteiger charge is -2.26. The van der Waals surface area contributed by atoms with Crippen molar-refractivity contribution in [2.24, 2.45) is 23.7 Å². The van der Waals surface area contributed by atoms with Crippen LogP contribution in [0.5, 0.6) is 11.5 Å². The second-order valence-corrected chi connectivity index (χ2v) is 14.1. The number of aliphatic carboxylic acids is 2. The molecular weight excluding hydrogens is 718 g/mol. The van der Waals surface area contributed by atoms with E-state index in [1.807, 2.05) is 13.8 Å². The van der Waals surface area contributed by atoms with E-state index in [1.54, 1.807) is 6.92 Å². The standard InChI is InChI=1S/C39H49N3O13/c1-5-18(2)19(3)27(46)15-22(9-13-29(48)49)39(55)42-35(20(4)43)28(47)16-23(17-30(50)51)38(54)41-14-6-7-21-8-11-25(44)33-31(21)36(52)34-26(45)12-10-24(40)32(34)37(33)53/h8,10-12,18-20,22-23,35,43-45H,5-7,9,13-17,40H2,1-4H3,(H,41,54)(H,42,55)(H,48,49)(H,50,51)/t18?,19-,20?,22+,23-,35-/m0/s1. The topological polar surface area (TPSA) is 288 Å². The molecule has 298 valence electrons. The normalized spacial score (nSPS) is 15.4. The molecular formula is C39H49N3O13. The molecule has 0 radical (unpaired) electrons. The highest BCUT2D eigenvalue weighted by Gasteiger charge is 2.38. The number of fused-ring (bicyclic) bond motifs is 2. The number of rotatable bonds is 21. The number of aryl methyl sites for hydroxylation is 1. The van der Waals surface area contributed by atoms with Crippen LogP contribution in [0.2, 0.25) is 0 Å². The Balaban J connectivity index is 1.71. The number of carboxylic acids is 2. The minimum atomic E-state index is -1.60. The van der Waals surface area contributed by atoms with Crippen LogP contribution in [0.1, 0.15) is 110 Å². The number of amides is 2. The van der Waals surface area contributed by atoms with E-state index < -0.39 is 102 Å². The second kappa shape index (κ2) is 19.1. The van der Waals surface area contributed by atoms with E-state index in [9.17, 15) is 63.9 Å². The summed E-state index contributed by atoms with van der Waals surface area (Å²) in [7, 11) is 0. The van der Waals surface area contributed by atoms with Gasteiger partial charge in [-0.2, -0.15) is 0 Å². The summed E-state index contributed by atoms with van der Waals surface area (Å²) >= 11 is 0. The SMILES string of the molecule is CCC(C)[C@H](C)C(=O)C[C@@H](CCC(=O)O)C(=O)N[C@H](C(=O)C[C@@H](CC(=O)O)C(=O)NCCCc1ccc(O)c2c1C(=O)c1c(O)ccc(N)c1C2=O)C(C)O. The van der Waals surface area contributed by atoms with Gasteiger partial charge in [-0.3, -0.25) is 38.4 Å².